The van der Waals surface area contributed by atoms with Crippen LogP contribution in [0.25, 0.3) is 0 Å². The highest BCUT2D eigenvalue weighted by atomic mass is 16.4. The monoisotopic (exact) mass is 198 g/mol. The SMILES string of the molecule is Cc1cc(N)nc(C(O)C(O)CO)c1. The number of rotatable bonds is 3. The van der Waals surface area contributed by atoms with Crippen molar-refractivity contribution in [2.45, 2.75) is 19.1 Å². The number of nitrogens with two attached hydrogens (primary N) is 1. The van der Waals surface area contributed by atoms with Gasteiger partial charge < -0.3 is 21.1 Å². The predicted octanol–water partition coefficient (Wildman–Crippen LogP) is -0.641. The van der Waals surface area contributed by atoms with Crippen LogP contribution < -0.4 is 5.73 Å². The smallest absolute Gasteiger partial charge is 0.124 e. The first-order chi connectivity index (χ1) is 6.54. The fourth-order valence-electron chi connectivity index (χ4n) is 1.17. The van der Waals surface area contributed by atoms with E-state index in [-0.39, 0.29) is 11.5 Å². The zero-order valence-electron chi connectivity index (χ0n) is 7.88. The number of anilines is 1. The summed E-state index contributed by atoms with van der Waals surface area (Å²) in [6, 6.07) is 3.27. The Kier molecular flexibility index (Phi) is 3.40. The van der Waals surface area contributed by atoms with E-state index in [0.717, 1.165) is 5.56 Å². The lowest BCUT2D eigenvalue weighted by Gasteiger charge is -2.15. The highest BCUT2D eigenvalue weighted by Crippen LogP contribution is 2.17. The molecule has 0 aliphatic carbocycles. The Balaban J connectivity index is 2.94. The maximum Gasteiger partial charge on any atom is 0.124 e. The quantitative estimate of drug-likeness (QED) is 0.517. The van der Waals surface area contributed by atoms with Crippen LogP contribution in [0.15, 0.2) is 12.1 Å². The largest absolute Gasteiger partial charge is 0.394 e. The van der Waals surface area contributed by atoms with Gasteiger partial charge in [0.15, 0.2) is 0 Å². The molecule has 78 valence electrons. The Morgan fingerprint density at radius 1 is 1.43 bits per heavy atom. The molecule has 0 saturated heterocycles. The Hall–Kier alpha value is -1.17. The second-order valence-electron chi connectivity index (χ2n) is 3.19. The van der Waals surface area contributed by atoms with Crippen LogP contribution in [0.2, 0.25) is 0 Å². The molecule has 5 nitrogen and oxygen atoms in total. The van der Waals surface area contributed by atoms with Gasteiger partial charge in [-0.3, -0.25) is 0 Å². The van der Waals surface area contributed by atoms with Gasteiger partial charge in [0.1, 0.15) is 18.0 Å². The predicted molar refractivity (Wildman–Crippen MR) is 51.4 cm³/mol. The third kappa shape index (κ3) is 2.41. The van der Waals surface area contributed by atoms with Gasteiger partial charge in [-0.25, -0.2) is 4.98 Å². The summed E-state index contributed by atoms with van der Waals surface area (Å²) in [5, 5.41) is 27.3. The Labute approximate surface area is 81.8 Å². The second-order valence-corrected chi connectivity index (χ2v) is 3.19. The number of nitrogens with zero attached hydrogens (tertiary/aromatic N) is 1. The van der Waals surface area contributed by atoms with Gasteiger partial charge in [-0.05, 0) is 24.6 Å². The van der Waals surface area contributed by atoms with Crippen molar-refractivity contribution in [3.63, 3.8) is 0 Å². The van der Waals surface area contributed by atoms with Gasteiger partial charge >= 0.3 is 0 Å². The summed E-state index contributed by atoms with van der Waals surface area (Å²) in [5.74, 6) is 0.282. The van der Waals surface area contributed by atoms with Gasteiger partial charge in [0.05, 0.1) is 12.3 Å². The summed E-state index contributed by atoms with van der Waals surface area (Å²) in [7, 11) is 0. The Morgan fingerprint density at radius 2 is 2.07 bits per heavy atom. The van der Waals surface area contributed by atoms with E-state index in [9.17, 15) is 10.2 Å². The minimum Gasteiger partial charge on any atom is -0.394 e. The van der Waals surface area contributed by atoms with E-state index >= 15 is 0 Å². The van der Waals surface area contributed by atoms with Crippen molar-refractivity contribution in [2.75, 3.05) is 12.3 Å². The summed E-state index contributed by atoms with van der Waals surface area (Å²) in [6.45, 7) is 1.29. The van der Waals surface area contributed by atoms with Crippen LogP contribution in [0.5, 0.6) is 0 Å². The first-order valence-corrected chi connectivity index (χ1v) is 4.25. The van der Waals surface area contributed by atoms with Crippen LogP contribution in [0.3, 0.4) is 0 Å². The van der Waals surface area contributed by atoms with Crippen LogP contribution in [0.4, 0.5) is 5.82 Å². The summed E-state index contributed by atoms with van der Waals surface area (Å²) in [6.07, 6.45) is -2.44. The van der Waals surface area contributed by atoms with Gasteiger partial charge in [0.2, 0.25) is 0 Å². The topological polar surface area (TPSA) is 99.6 Å². The maximum atomic E-state index is 9.51. The minimum atomic E-state index is -1.23. The van der Waals surface area contributed by atoms with E-state index in [1.807, 2.05) is 0 Å². The van der Waals surface area contributed by atoms with Gasteiger partial charge in [-0.2, -0.15) is 0 Å². The molecule has 0 saturated carbocycles. The molecule has 0 aliphatic heterocycles. The highest BCUT2D eigenvalue weighted by molar-refractivity contribution is 5.34. The first kappa shape index (κ1) is 10.9. The average Bonchev–Trinajstić information content (AvgIpc) is 2.14. The van der Waals surface area contributed by atoms with Crippen molar-refractivity contribution >= 4 is 5.82 Å². The third-order valence-electron chi connectivity index (χ3n) is 1.86. The van der Waals surface area contributed by atoms with Gasteiger partial charge in [-0.1, -0.05) is 0 Å². The average molecular weight is 198 g/mol. The normalized spacial score (nSPS) is 15.1. The number of hydrogen-bond donors (Lipinski definition) is 4. The standard InChI is InChI=1S/C9H14N2O3/c1-5-2-6(11-8(10)3-5)9(14)7(13)4-12/h2-3,7,9,12-14H,4H2,1H3,(H2,10,11). The van der Waals surface area contributed by atoms with E-state index in [1.54, 1.807) is 19.1 Å². The zero-order valence-corrected chi connectivity index (χ0v) is 7.88. The highest BCUT2D eigenvalue weighted by Gasteiger charge is 2.19. The molecule has 0 aliphatic rings. The van der Waals surface area contributed by atoms with E-state index in [1.165, 1.54) is 0 Å². The Bertz CT molecular complexity index is 297. The molecule has 0 spiro atoms. The molecule has 14 heavy (non-hydrogen) atoms. The number of aliphatic hydroxyl groups excluding tert-OH is 3. The molecule has 0 aromatic carbocycles. The summed E-state index contributed by atoms with van der Waals surface area (Å²) >= 11 is 0. The number of aryl methyl sites for hydroxylation is 1. The van der Waals surface area contributed by atoms with Crippen molar-refractivity contribution in [2.24, 2.45) is 0 Å². The van der Waals surface area contributed by atoms with Crippen LogP contribution in [0, 0.1) is 6.92 Å². The van der Waals surface area contributed by atoms with E-state index < -0.39 is 18.8 Å². The molecule has 2 unspecified atom stereocenters. The van der Waals surface area contributed by atoms with Crippen LogP contribution in [0.1, 0.15) is 17.4 Å². The lowest BCUT2D eigenvalue weighted by Crippen LogP contribution is -2.23. The van der Waals surface area contributed by atoms with E-state index in [4.69, 9.17) is 10.8 Å². The van der Waals surface area contributed by atoms with Gasteiger partial charge in [-0.15, -0.1) is 0 Å². The van der Waals surface area contributed by atoms with E-state index in [2.05, 4.69) is 4.98 Å². The third-order valence-corrected chi connectivity index (χ3v) is 1.86. The zero-order chi connectivity index (χ0) is 10.7. The minimum absolute atomic E-state index is 0.268. The van der Waals surface area contributed by atoms with Gasteiger partial charge in [0.25, 0.3) is 0 Å². The molecular formula is C9H14N2O3. The van der Waals surface area contributed by atoms with Crippen molar-refractivity contribution in [1.82, 2.24) is 4.98 Å². The van der Waals surface area contributed by atoms with Crippen LogP contribution in [-0.2, 0) is 0 Å². The molecular weight excluding hydrogens is 184 g/mol. The number of nitrogen functional groups attached to an aromatic ring is 1. The first-order valence-electron chi connectivity index (χ1n) is 4.25. The van der Waals surface area contributed by atoms with Crippen molar-refractivity contribution in [1.29, 1.82) is 0 Å². The molecule has 0 bridgehead atoms. The second kappa shape index (κ2) is 4.36. The molecule has 5 heteroatoms. The molecule has 1 aromatic rings. The number of hydrogen-bond acceptors (Lipinski definition) is 5. The molecule has 1 heterocycles. The van der Waals surface area contributed by atoms with Gasteiger partial charge in [0, 0.05) is 0 Å². The summed E-state index contributed by atoms with van der Waals surface area (Å²) in [4.78, 5) is 3.86. The van der Waals surface area contributed by atoms with Crippen molar-refractivity contribution in [3.05, 3.63) is 23.4 Å². The maximum absolute atomic E-state index is 9.51. The fraction of sp³-hybridized carbons (Fsp3) is 0.444. The molecule has 1 aromatic heterocycles. The lowest BCUT2D eigenvalue weighted by molar-refractivity contribution is -0.0172. The molecule has 2 atom stereocenters. The molecule has 5 N–H and O–H groups in total. The molecule has 0 radical (unpaired) electrons. The number of aromatic nitrogens is 1. The number of pyridine rings is 1. The van der Waals surface area contributed by atoms with Crippen molar-refractivity contribution in [3.8, 4) is 0 Å². The molecule has 0 amide bonds. The number of aliphatic hydroxyl groups is 3. The van der Waals surface area contributed by atoms with E-state index in [0.29, 0.717) is 0 Å². The summed E-state index contributed by atoms with van der Waals surface area (Å²) < 4.78 is 0. The van der Waals surface area contributed by atoms with Crippen LogP contribution >= 0.6 is 0 Å². The van der Waals surface area contributed by atoms with Crippen molar-refractivity contribution < 1.29 is 15.3 Å². The Morgan fingerprint density at radius 3 is 2.57 bits per heavy atom. The summed E-state index contributed by atoms with van der Waals surface area (Å²) in [5.41, 5.74) is 6.58. The lowest BCUT2D eigenvalue weighted by atomic mass is 10.1. The molecule has 1 rings (SSSR count). The van der Waals surface area contributed by atoms with Crippen LogP contribution in [-0.4, -0.2) is 33.0 Å². The molecule has 0 fully saturated rings. The fourth-order valence-corrected chi connectivity index (χ4v) is 1.17.